The van der Waals surface area contributed by atoms with E-state index in [9.17, 15) is 0 Å². The van der Waals surface area contributed by atoms with Gasteiger partial charge in [-0.3, -0.25) is 0 Å². The zero-order valence-electron chi connectivity index (χ0n) is 3.18. The monoisotopic (exact) mass is 138 g/mol. The van der Waals surface area contributed by atoms with Crippen LogP contribution in [0.5, 0.6) is 0 Å². The van der Waals surface area contributed by atoms with Crippen molar-refractivity contribution in [2.45, 2.75) is 4.94 Å². The molecular weight excluding hydrogens is 129 g/mol. The molecule has 2 nitrogen and oxygen atoms in total. The standard InChI is InChI=1S/C2H8GeO2/c3-2(5)1-4/h2,4-5H,1H2,3H3. The van der Waals surface area contributed by atoms with Gasteiger partial charge in [-0.15, -0.1) is 0 Å². The van der Waals surface area contributed by atoms with Crippen LogP contribution in [-0.4, -0.2) is 38.3 Å². The summed E-state index contributed by atoms with van der Waals surface area (Å²) < 4.78 is 0. The van der Waals surface area contributed by atoms with E-state index in [4.69, 9.17) is 10.2 Å². The van der Waals surface area contributed by atoms with Crippen molar-refractivity contribution in [3.8, 4) is 0 Å². The number of hydrogen-bond donors (Lipinski definition) is 2. The molecule has 0 amide bonds. The van der Waals surface area contributed by atoms with Gasteiger partial charge in [-0.05, 0) is 0 Å². The van der Waals surface area contributed by atoms with Crippen molar-refractivity contribution in [2.24, 2.45) is 0 Å². The summed E-state index contributed by atoms with van der Waals surface area (Å²) in [4.78, 5) is -0.373. The van der Waals surface area contributed by atoms with Crippen molar-refractivity contribution in [1.29, 1.82) is 0 Å². The molecule has 0 saturated heterocycles. The molecule has 3 heteroatoms. The number of aliphatic hydroxyl groups excluding tert-OH is 2. The summed E-state index contributed by atoms with van der Waals surface area (Å²) in [7, 11) is 0. The fourth-order valence-corrected chi connectivity index (χ4v) is 0. The molecule has 0 radical (unpaired) electrons. The Morgan fingerprint density at radius 3 is 2.00 bits per heavy atom. The van der Waals surface area contributed by atoms with Gasteiger partial charge in [-0.1, -0.05) is 0 Å². The molecule has 1 unspecified atom stereocenters. The van der Waals surface area contributed by atoms with Crippen LogP contribution in [0.2, 0.25) is 0 Å². The summed E-state index contributed by atoms with van der Waals surface area (Å²) in [5, 5.41) is 16.1. The van der Waals surface area contributed by atoms with Crippen LogP contribution in [0.4, 0.5) is 0 Å². The Labute approximate surface area is 39.0 Å². The molecule has 0 saturated carbocycles. The summed E-state index contributed by atoms with van der Waals surface area (Å²) in [5.74, 6) is 0. The first-order valence-corrected chi connectivity index (χ1v) is 3.98. The Balaban J connectivity index is 2.54. The zero-order valence-corrected chi connectivity index (χ0v) is 7.38. The van der Waals surface area contributed by atoms with Crippen LogP contribution in [-0.2, 0) is 0 Å². The van der Waals surface area contributed by atoms with Gasteiger partial charge in [0.05, 0.1) is 0 Å². The minimum absolute atomic E-state index is 0.0556. The summed E-state index contributed by atoms with van der Waals surface area (Å²) in [6.07, 6.45) is 0. The van der Waals surface area contributed by atoms with Crippen LogP contribution >= 0.6 is 0 Å². The number of aliphatic hydroxyl groups is 2. The van der Waals surface area contributed by atoms with Crippen molar-refractivity contribution >= 4 is 16.5 Å². The van der Waals surface area contributed by atoms with Gasteiger partial charge in [-0.25, -0.2) is 0 Å². The average molecular weight is 137 g/mol. The molecule has 0 aliphatic carbocycles. The number of rotatable bonds is 1. The molecule has 0 heterocycles. The molecular formula is C2H8GeO2. The summed E-state index contributed by atoms with van der Waals surface area (Å²) >= 11 is 0.377. The van der Waals surface area contributed by atoms with E-state index < -0.39 is 0 Å². The second kappa shape index (κ2) is 2.69. The molecule has 2 N–H and O–H groups in total. The van der Waals surface area contributed by atoms with Crippen molar-refractivity contribution < 1.29 is 10.2 Å². The van der Waals surface area contributed by atoms with Crippen LogP contribution < -0.4 is 0 Å². The third-order valence-electron chi connectivity index (χ3n) is 0.264. The van der Waals surface area contributed by atoms with Crippen LogP contribution in [0.3, 0.4) is 0 Å². The van der Waals surface area contributed by atoms with E-state index in [2.05, 4.69) is 0 Å². The molecule has 1 atom stereocenters. The summed E-state index contributed by atoms with van der Waals surface area (Å²) in [5.41, 5.74) is 0. The Bertz CT molecular complexity index is 21.6. The maximum atomic E-state index is 8.19. The first-order valence-electron chi connectivity index (χ1n) is 1.56. The molecule has 5 heavy (non-hydrogen) atoms. The van der Waals surface area contributed by atoms with E-state index >= 15 is 0 Å². The minimum atomic E-state index is -0.373. The third kappa shape index (κ3) is 4.46. The predicted molar refractivity (Wildman–Crippen MR) is 23.0 cm³/mol. The third-order valence-corrected chi connectivity index (χ3v) is 1.03. The van der Waals surface area contributed by atoms with Gasteiger partial charge in [0.15, 0.2) is 0 Å². The van der Waals surface area contributed by atoms with E-state index in [0.717, 1.165) is 0 Å². The maximum absolute atomic E-state index is 8.19. The molecule has 0 bridgehead atoms. The van der Waals surface area contributed by atoms with Crippen molar-refractivity contribution in [1.82, 2.24) is 0 Å². The fourth-order valence-electron chi connectivity index (χ4n) is 0. The van der Waals surface area contributed by atoms with Gasteiger partial charge in [0.25, 0.3) is 0 Å². The van der Waals surface area contributed by atoms with Crippen LogP contribution in [0.15, 0.2) is 0 Å². The van der Waals surface area contributed by atoms with Gasteiger partial charge < -0.3 is 0 Å². The van der Waals surface area contributed by atoms with Crippen LogP contribution in [0, 0.1) is 0 Å². The Hall–Kier alpha value is 0.463. The topological polar surface area (TPSA) is 40.5 Å². The van der Waals surface area contributed by atoms with Crippen molar-refractivity contribution in [3.05, 3.63) is 0 Å². The molecule has 32 valence electrons. The Morgan fingerprint density at radius 2 is 2.00 bits per heavy atom. The zero-order chi connectivity index (χ0) is 4.28. The first-order chi connectivity index (χ1) is 2.27. The Kier molecular flexibility index (Phi) is 2.94. The van der Waals surface area contributed by atoms with Gasteiger partial charge in [0.2, 0.25) is 0 Å². The van der Waals surface area contributed by atoms with E-state index in [0.29, 0.717) is 16.5 Å². The fraction of sp³-hybridized carbons (Fsp3) is 1.00. The summed E-state index contributed by atoms with van der Waals surface area (Å²) in [6, 6.07) is 0. The average Bonchev–Trinajstić information content (AvgIpc) is 1.38. The second-order valence-corrected chi connectivity index (χ2v) is 3.83. The molecule has 0 aromatic rings. The van der Waals surface area contributed by atoms with E-state index in [1.165, 1.54) is 0 Å². The SMILES string of the molecule is OC[CH](O)[GeH3]. The van der Waals surface area contributed by atoms with Gasteiger partial charge >= 0.3 is 38.3 Å². The molecule has 0 fully saturated rings. The van der Waals surface area contributed by atoms with Gasteiger partial charge in [0.1, 0.15) is 0 Å². The van der Waals surface area contributed by atoms with Crippen LogP contribution in [0.25, 0.3) is 0 Å². The van der Waals surface area contributed by atoms with Crippen molar-refractivity contribution in [2.75, 3.05) is 6.61 Å². The van der Waals surface area contributed by atoms with E-state index in [1.807, 2.05) is 0 Å². The molecule has 0 rings (SSSR count). The second-order valence-electron chi connectivity index (χ2n) is 1.03. The Morgan fingerprint density at radius 1 is 1.80 bits per heavy atom. The molecule has 0 aliphatic heterocycles. The summed E-state index contributed by atoms with van der Waals surface area (Å²) in [6.45, 7) is -0.0556. The van der Waals surface area contributed by atoms with E-state index in [1.54, 1.807) is 0 Å². The normalized spacial score (nSPS) is 15.6. The van der Waals surface area contributed by atoms with Gasteiger partial charge in [0, 0.05) is 0 Å². The van der Waals surface area contributed by atoms with Gasteiger partial charge in [-0.2, -0.15) is 0 Å². The van der Waals surface area contributed by atoms with E-state index in [-0.39, 0.29) is 11.5 Å². The first kappa shape index (κ1) is 5.46. The molecule has 0 aromatic heterocycles. The van der Waals surface area contributed by atoms with Crippen molar-refractivity contribution in [3.63, 3.8) is 0 Å². The number of hydrogen-bond acceptors (Lipinski definition) is 2. The predicted octanol–water partition coefficient (Wildman–Crippen LogP) is -2.34. The van der Waals surface area contributed by atoms with Crippen LogP contribution in [0.1, 0.15) is 0 Å². The molecule has 0 spiro atoms. The quantitative estimate of drug-likeness (QED) is 0.397. The molecule has 0 aliphatic rings. The molecule has 0 aromatic carbocycles.